The number of hydrogen-bond donors (Lipinski definition) is 1. The first-order chi connectivity index (χ1) is 15.7. The lowest BCUT2D eigenvalue weighted by atomic mass is 10.1. The van der Waals surface area contributed by atoms with E-state index in [0.29, 0.717) is 41.8 Å². The maximum atomic E-state index is 12.0. The first kappa shape index (κ1) is 21.3. The second-order valence-electron chi connectivity index (χ2n) is 7.01. The monoisotopic (exact) mass is 430 g/mol. The number of hydrogen-bond acceptors (Lipinski definition) is 6. The number of carbonyl (C=O) groups excluding carboxylic acids is 1. The molecule has 0 atom stereocenters. The number of aryl methyl sites for hydroxylation is 1. The number of nitrogen functional groups attached to an aromatic ring is 1. The van der Waals surface area contributed by atoms with Crippen molar-refractivity contribution in [2.24, 2.45) is 0 Å². The quantitative estimate of drug-likeness (QED) is 0.508. The van der Waals surface area contributed by atoms with Gasteiger partial charge in [0.1, 0.15) is 23.8 Å². The minimum atomic E-state index is -0.392. The summed E-state index contributed by atoms with van der Waals surface area (Å²) in [4.78, 5) is 27.3. The van der Waals surface area contributed by atoms with Crippen LogP contribution in [0.5, 0.6) is 0 Å². The van der Waals surface area contributed by atoms with Crippen molar-refractivity contribution in [3.8, 4) is 17.1 Å². The fraction of sp³-hybridized carbons (Fsp3) is 0.250. The molecule has 1 saturated heterocycles. The fourth-order valence-corrected chi connectivity index (χ4v) is 3.61. The van der Waals surface area contributed by atoms with Crippen LogP contribution in [0.25, 0.3) is 28.2 Å². The molecule has 4 aromatic rings. The van der Waals surface area contributed by atoms with Crippen LogP contribution in [-0.2, 0) is 11.2 Å². The number of nitrogens with two attached hydrogens (primary N) is 1. The van der Waals surface area contributed by atoms with Crippen LogP contribution in [0.15, 0.2) is 54.7 Å². The predicted octanol–water partition coefficient (Wildman–Crippen LogP) is 4.61. The van der Waals surface area contributed by atoms with Crippen LogP contribution >= 0.6 is 0 Å². The summed E-state index contributed by atoms with van der Waals surface area (Å²) in [5.41, 5.74) is 10.4. The third-order valence-electron chi connectivity index (χ3n) is 5.21. The minimum absolute atomic E-state index is 0.355. The molecular formula is C24H26N6O2. The molecular weight excluding hydrogens is 404 g/mol. The molecule has 8 heteroatoms. The zero-order chi connectivity index (χ0) is 22.7. The number of ether oxygens (including phenoxy) is 1. The van der Waals surface area contributed by atoms with Gasteiger partial charge in [-0.15, -0.1) is 0 Å². The van der Waals surface area contributed by atoms with Gasteiger partial charge in [-0.1, -0.05) is 32.9 Å². The van der Waals surface area contributed by atoms with Gasteiger partial charge in [0.05, 0.1) is 12.1 Å². The summed E-state index contributed by atoms with van der Waals surface area (Å²) in [5, 5.41) is 0. The summed E-state index contributed by atoms with van der Waals surface area (Å²) in [6, 6.07) is 15.6. The number of pyridine rings is 2. The Morgan fingerprint density at radius 1 is 1.06 bits per heavy atom. The molecule has 5 rings (SSSR count). The molecule has 1 aromatic carbocycles. The number of carbonyl (C=O) groups is 1. The van der Waals surface area contributed by atoms with Gasteiger partial charge in [-0.05, 0) is 48.4 Å². The van der Waals surface area contributed by atoms with Crippen LogP contribution in [0.2, 0.25) is 0 Å². The predicted molar refractivity (Wildman–Crippen MR) is 126 cm³/mol. The topological polar surface area (TPSA) is 99.2 Å². The fourth-order valence-electron chi connectivity index (χ4n) is 3.61. The molecule has 1 fully saturated rings. The van der Waals surface area contributed by atoms with E-state index in [1.54, 1.807) is 12.3 Å². The molecule has 0 spiro atoms. The molecule has 2 N–H and O–H groups in total. The molecule has 4 heterocycles. The third kappa shape index (κ3) is 3.75. The first-order valence-corrected chi connectivity index (χ1v) is 10.8. The summed E-state index contributed by atoms with van der Waals surface area (Å²) < 4.78 is 7.01. The highest BCUT2D eigenvalue weighted by molar-refractivity contribution is 5.90. The summed E-state index contributed by atoms with van der Waals surface area (Å²) in [5.74, 6) is 1.57. The van der Waals surface area contributed by atoms with E-state index in [-0.39, 0.29) is 0 Å². The number of aromatic nitrogens is 4. The minimum Gasteiger partial charge on any atom is -0.447 e. The van der Waals surface area contributed by atoms with E-state index < -0.39 is 6.09 Å². The number of nitrogens with zero attached hydrogens (tertiary/aromatic N) is 5. The molecule has 1 aliphatic heterocycles. The largest absolute Gasteiger partial charge is 0.447 e. The molecule has 1 amide bonds. The zero-order valence-corrected chi connectivity index (χ0v) is 18.4. The summed E-state index contributed by atoms with van der Waals surface area (Å²) >= 11 is 0. The smallest absolute Gasteiger partial charge is 0.415 e. The second-order valence-corrected chi connectivity index (χ2v) is 7.01. The molecule has 8 nitrogen and oxygen atoms in total. The highest BCUT2D eigenvalue weighted by Crippen LogP contribution is 2.31. The lowest BCUT2D eigenvalue weighted by Gasteiger charge is -2.13. The normalized spacial score (nSPS) is 13.1. The van der Waals surface area contributed by atoms with Crippen LogP contribution < -0.4 is 10.6 Å². The van der Waals surface area contributed by atoms with E-state index in [9.17, 15) is 4.79 Å². The van der Waals surface area contributed by atoms with E-state index in [0.717, 1.165) is 17.7 Å². The van der Waals surface area contributed by atoms with Crippen molar-refractivity contribution in [1.29, 1.82) is 0 Å². The van der Waals surface area contributed by atoms with Crippen molar-refractivity contribution in [3.05, 3.63) is 60.3 Å². The van der Waals surface area contributed by atoms with Gasteiger partial charge in [0.2, 0.25) is 0 Å². The highest BCUT2D eigenvalue weighted by Gasteiger charge is 2.26. The SMILES string of the molecule is CC.CCc1ccc(-n2c(-c3cccnc3N)nc3ccc(N4CCOC4=O)nc32)cc1. The van der Waals surface area contributed by atoms with Crippen LogP contribution in [0, 0.1) is 0 Å². The van der Waals surface area contributed by atoms with Gasteiger partial charge in [-0.25, -0.2) is 19.7 Å². The Bertz CT molecular complexity index is 1250. The van der Waals surface area contributed by atoms with E-state index in [1.165, 1.54) is 10.5 Å². The van der Waals surface area contributed by atoms with Crippen molar-refractivity contribution in [3.63, 3.8) is 0 Å². The van der Waals surface area contributed by atoms with Crippen LogP contribution in [0.4, 0.5) is 16.4 Å². The molecule has 3 aromatic heterocycles. The van der Waals surface area contributed by atoms with Crippen LogP contribution in [0.1, 0.15) is 26.3 Å². The molecule has 0 unspecified atom stereocenters. The van der Waals surface area contributed by atoms with Gasteiger partial charge in [0, 0.05) is 11.9 Å². The molecule has 0 aliphatic carbocycles. The van der Waals surface area contributed by atoms with Gasteiger partial charge in [-0.3, -0.25) is 9.47 Å². The maximum absolute atomic E-state index is 12.0. The molecule has 32 heavy (non-hydrogen) atoms. The van der Waals surface area contributed by atoms with Crippen molar-refractivity contribution >= 4 is 28.9 Å². The lowest BCUT2D eigenvalue weighted by Crippen LogP contribution is -2.24. The maximum Gasteiger partial charge on any atom is 0.415 e. The zero-order valence-electron chi connectivity index (χ0n) is 18.4. The molecule has 0 bridgehead atoms. The third-order valence-corrected chi connectivity index (χ3v) is 5.21. The Balaban J connectivity index is 0.00000119. The van der Waals surface area contributed by atoms with Gasteiger partial charge in [-0.2, -0.15) is 0 Å². The summed E-state index contributed by atoms with van der Waals surface area (Å²) in [6.45, 7) is 6.94. The van der Waals surface area contributed by atoms with Crippen molar-refractivity contribution in [2.75, 3.05) is 23.8 Å². The first-order valence-electron chi connectivity index (χ1n) is 10.8. The average molecular weight is 431 g/mol. The van der Waals surface area contributed by atoms with Gasteiger partial charge in [0.15, 0.2) is 11.5 Å². The van der Waals surface area contributed by atoms with Crippen molar-refractivity contribution in [1.82, 2.24) is 19.5 Å². The average Bonchev–Trinajstić information content (AvgIpc) is 3.43. The Hall–Kier alpha value is -3.94. The number of benzene rings is 1. The van der Waals surface area contributed by atoms with Crippen molar-refractivity contribution < 1.29 is 9.53 Å². The van der Waals surface area contributed by atoms with Gasteiger partial charge >= 0.3 is 6.09 Å². The lowest BCUT2D eigenvalue weighted by molar-refractivity contribution is 0.181. The number of amides is 1. The van der Waals surface area contributed by atoms with E-state index in [4.69, 9.17) is 20.4 Å². The molecule has 0 radical (unpaired) electrons. The number of imidazole rings is 1. The number of fused-ring (bicyclic) bond motifs is 1. The van der Waals surface area contributed by atoms with E-state index in [1.807, 2.05) is 48.7 Å². The van der Waals surface area contributed by atoms with Gasteiger partial charge < -0.3 is 10.5 Å². The van der Waals surface area contributed by atoms with Crippen molar-refractivity contribution in [2.45, 2.75) is 27.2 Å². The molecule has 1 aliphatic rings. The van der Waals surface area contributed by atoms with E-state index in [2.05, 4.69) is 24.0 Å². The van der Waals surface area contributed by atoms with Crippen LogP contribution in [0.3, 0.4) is 0 Å². The molecule has 164 valence electrons. The van der Waals surface area contributed by atoms with Crippen LogP contribution in [-0.4, -0.2) is 38.8 Å². The number of rotatable bonds is 4. The Kier molecular flexibility index (Phi) is 6.02. The number of anilines is 2. The Morgan fingerprint density at radius 2 is 1.84 bits per heavy atom. The highest BCUT2D eigenvalue weighted by atomic mass is 16.6. The molecule has 0 saturated carbocycles. The Labute approximate surface area is 186 Å². The van der Waals surface area contributed by atoms with Gasteiger partial charge in [0.25, 0.3) is 0 Å². The summed E-state index contributed by atoms with van der Waals surface area (Å²) in [6.07, 6.45) is 2.21. The van der Waals surface area contributed by atoms with E-state index >= 15 is 0 Å². The Morgan fingerprint density at radius 3 is 2.50 bits per heavy atom. The standard InChI is InChI=1S/C22H20N6O2.C2H6/c1-2-14-5-7-15(8-6-14)28-20(16-4-3-11-24-19(16)23)25-17-9-10-18(26-21(17)28)27-12-13-30-22(27)29;1-2/h3-11H,2,12-13H2,1H3,(H2,23,24);1-2H3. The second kappa shape index (κ2) is 9.05. The number of cyclic esters (lactones) is 1. The summed E-state index contributed by atoms with van der Waals surface area (Å²) in [7, 11) is 0.